The summed E-state index contributed by atoms with van der Waals surface area (Å²) in [6.45, 7) is 4.17. The lowest BCUT2D eigenvalue weighted by atomic mass is 10.1. The van der Waals surface area contributed by atoms with Gasteiger partial charge in [-0.3, -0.25) is 0 Å². The Balaban J connectivity index is 1.95. The highest BCUT2D eigenvalue weighted by atomic mass is 16.3. The van der Waals surface area contributed by atoms with Crippen LogP contribution in [0.4, 0.5) is 0 Å². The first kappa shape index (κ1) is 11.3. The topological polar surface area (TPSA) is 41.8 Å². The van der Waals surface area contributed by atoms with Crippen LogP contribution < -0.4 is 0 Å². The second-order valence-electron chi connectivity index (χ2n) is 5.21. The van der Waals surface area contributed by atoms with Crippen LogP contribution in [0, 0.1) is 13.8 Å². The number of H-pyrrole nitrogens is 1. The van der Waals surface area contributed by atoms with Crippen molar-refractivity contribution in [1.29, 1.82) is 0 Å². The molecule has 4 aromatic rings. The lowest BCUT2D eigenvalue weighted by Crippen LogP contribution is -1.79. The number of imidazole rings is 1. The molecular weight excluding hydrogens is 248 g/mol. The van der Waals surface area contributed by atoms with Crippen molar-refractivity contribution in [2.24, 2.45) is 0 Å². The summed E-state index contributed by atoms with van der Waals surface area (Å²) in [7, 11) is 0. The molecule has 0 bridgehead atoms. The fraction of sp³-hybridized carbons (Fsp3) is 0.118. The van der Waals surface area contributed by atoms with Gasteiger partial charge in [0.05, 0.1) is 11.0 Å². The minimum atomic E-state index is 0.777. The average molecular weight is 262 g/mol. The maximum absolute atomic E-state index is 5.86. The van der Waals surface area contributed by atoms with Gasteiger partial charge in [-0.25, -0.2) is 4.98 Å². The zero-order valence-electron chi connectivity index (χ0n) is 11.4. The zero-order valence-corrected chi connectivity index (χ0v) is 11.4. The Morgan fingerprint density at radius 3 is 2.75 bits per heavy atom. The van der Waals surface area contributed by atoms with Crippen molar-refractivity contribution < 1.29 is 4.42 Å². The number of para-hydroxylation sites is 1. The van der Waals surface area contributed by atoms with Gasteiger partial charge in [-0.15, -0.1) is 0 Å². The van der Waals surface area contributed by atoms with Crippen molar-refractivity contribution >= 4 is 22.0 Å². The molecule has 0 atom stereocenters. The number of aryl methyl sites for hydroxylation is 2. The van der Waals surface area contributed by atoms with E-state index in [0.29, 0.717) is 0 Å². The van der Waals surface area contributed by atoms with Crippen LogP contribution in [0.25, 0.3) is 33.6 Å². The Labute approximate surface area is 116 Å². The Morgan fingerprint density at radius 1 is 1.05 bits per heavy atom. The zero-order chi connectivity index (χ0) is 13.7. The van der Waals surface area contributed by atoms with Gasteiger partial charge in [-0.2, -0.15) is 0 Å². The van der Waals surface area contributed by atoms with Gasteiger partial charge in [0, 0.05) is 5.39 Å². The van der Waals surface area contributed by atoms with Gasteiger partial charge in [0.25, 0.3) is 0 Å². The molecule has 2 aromatic carbocycles. The van der Waals surface area contributed by atoms with E-state index < -0.39 is 0 Å². The van der Waals surface area contributed by atoms with E-state index in [1.807, 2.05) is 30.3 Å². The second kappa shape index (κ2) is 3.97. The number of benzene rings is 2. The maximum atomic E-state index is 5.86. The highest BCUT2D eigenvalue weighted by Crippen LogP contribution is 2.28. The van der Waals surface area contributed by atoms with E-state index in [1.54, 1.807) is 0 Å². The lowest BCUT2D eigenvalue weighted by Gasteiger charge is -1.96. The van der Waals surface area contributed by atoms with Crippen molar-refractivity contribution in [2.45, 2.75) is 13.8 Å². The molecule has 0 saturated heterocycles. The molecule has 3 nitrogen and oxygen atoms in total. The van der Waals surface area contributed by atoms with Crippen LogP contribution in [0.15, 0.2) is 46.9 Å². The highest BCUT2D eigenvalue weighted by Gasteiger charge is 2.12. The van der Waals surface area contributed by atoms with E-state index in [1.165, 1.54) is 11.1 Å². The van der Waals surface area contributed by atoms with Gasteiger partial charge in [-0.05, 0) is 43.2 Å². The first-order valence-electron chi connectivity index (χ1n) is 6.66. The largest absolute Gasteiger partial charge is 0.453 e. The highest BCUT2D eigenvalue weighted by molar-refractivity contribution is 5.85. The van der Waals surface area contributed by atoms with E-state index in [-0.39, 0.29) is 0 Å². The minimum absolute atomic E-state index is 0.777. The summed E-state index contributed by atoms with van der Waals surface area (Å²) in [5.41, 5.74) is 5.35. The fourth-order valence-electron chi connectivity index (χ4n) is 2.69. The molecule has 98 valence electrons. The number of hydrogen-bond donors (Lipinski definition) is 1. The SMILES string of the molecule is Cc1cc(C)c2nc(-c3cc4ccccc4o3)[nH]c2c1. The molecule has 4 rings (SSSR count). The van der Waals surface area contributed by atoms with Gasteiger partial charge < -0.3 is 9.40 Å². The summed E-state index contributed by atoms with van der Waals surface area (Å²) < 4.78 is 5.86. The first-order chi connectivity index (χ1) is 9.70. The number of rotatable bonds is 1. The van der Waals surface area contributed by atoms with Crippen LogP contribution in [0.1, 0.15) is 11.1 Å². The Bertz CT molecular complexity index is 898. The van der Waals surface area contributed by atoms with Crippen molar-refractivity contribution in [3.8, 4) is 11.6 Å². The fourth-order valence-corrected chi connectivity index (χ4v) is 2.69. The molecule has 0 aliphatic heterocycles. The van der Waals surface area contributed by atoms with Gasteiger partial charge in [0.2, 0.25) is 0 Å². The van der Waals surface area contributed by atoms with Crippen molar-refractivity contribution in [1.82, 2.24) is 9.97 Å². The quantitative estimate of drug-likeness (QED) is 0.545. The molecule has 0 amide bonds. The summed E-state index contributed by atoms with van der Waals surface area (Å²) in [4.78, 5) is 8.02. The Morgan fingerprint density at radius 2 is 1.90 bits per heavy atom. The molecule has 20 heavy (non-hydrogen) atoms. The van der Waals surface area contributed by atoms with Gasteiger partial charge in [-0.1, -0.05) is 24.3 Å². The summed E-state index contributed by atoms with van der Waals surface area (Å²) in [5.74, 6) is 1.56. The molecule has 0 unspecified atom stereocenters. The van der Waals surface area contributed by atoms with Crippen LogP contribution in [0.3, 0.4) is 0 Å². The Hall–Kier alpha value is -2.55. The van der Waals surface area contributed by atoms with Crippen LogP contribution in [0.2, 0.25) is 0 Å². The molecule has 0 spiro atoms. The first-order valence-corrected chi connectivity index (χ1v) is 6.66. The van der Waals surface area contributed by atoms with E-state index in [9.17, 15) is 0 Å². The number of aromatic nitrogens is 2. The molecule has 3 heteroatoms. The molecule has 0 fully saturated rings. The van der Waals surface area contributed by atoms with Crippen LogP contribution in [-0.2, 0) is 0 Å². The third-order valence-electron chi connectivity index (χ3n) is 3.58. The van der Waals surface area contributed by atoms with Crippen molar-refractivity contribution in [2.75, 3.05) is 0 Å². The molecular formula is C17H14N2O. The molecule has 2 heterocycles. The number of aromatic amines is 1. The maximum Gasteiger partial charge on any atom is 0.174 e. The number of nitrogens with one attached hydrogen (secondary N) is 1. The molecule has 2 aromatic heterocycles. The number of hydrogen-bond acceptors (Lipinski definition) is 2. The predicted molar refractivity (Wildman–Crippen MR) is 80.8 cm³/mol. The van der Waals surface area contributed by atoms with Gasteiger partial charge in [0.1, 0.15) is 5.58 Å². The van der Waals surface area contributed by atoms with Crippen LogP contribution >= 0.6 is 0 Å². The third-order valence-corrected chi connectivity index (χ3v) is 3.58. The lowest BCUT2D eigenvalue weighted by molar-refractivity contribution is 0.627. The second-order valence-corrected chi connectivity index (χ2v) is 5.21. The van der Waals surface area contributed by atoms with Crippen LogP contribution in [0.5, 0.6) is 0 Å². The Kier molecular flexibility index (Phi) is 2.24. The minimum Gasteiger partial charge on any atom is -0.453 e. The predicted octanol–water partition coefficient (Wildman–Crippen LogP) is 4.59. The van der Waals surface area contributed by atoms with Crippen molar-refractivity contribution in [3.63, 3.8) is 0 Å². The van der Waals surface area contributed by atoms with Crippen LogP contribution in [-0.4, -0.2) is 9.97 Å². The van der Waals surface area contributed by atoms with E-state index in [4.69, 9.17) is 4.42 Å². The van der Waals surface area contributed by atoms with Gasteiger partial charge >= 0.3 is 0 Å². The molecule has 0 radical (unpaired) electrons. The summed E-state index contributed by atoms with van der Waals surface area (Å²) in [6.07, 6.45) is 0. The summed E-state index contributed by atoms with van der Waals surface area (Å²) >= 11 is 0. The normalized spacial score (nSPS) is 11.5. The number of nitrogens with zero attached hydrogens (tertiary/aromatic N) is 1. The molecule has 0 aliphatic carbocycles. The van der Waals surface area contributed by atoms with Crippen molar-refractivity contribution in [3.05, 3.63) is 53.6 Å². The third kappa shape index (κ3) is 1.63. The van der Waals surface area contributed by atoms with Gasteiger partial charge in [0.15, 0.2) is 11.6 Å². The summed E-state index contributed by atoms with van der Waals surface area (Å²) in [6, 6.07) is 14.3. The smallest absolute Gasteiger partial charge is 0.174 e. The number of furan rings is 1. The molecule has 0 saturated carbocycles. The van der Waals surface area contributed by atoms with E-state index in [2.05, 4.69) is 35.9 Å². The monoisotopic (exact) mass is 262 g/mol. The number of fused-ring (bicyclic) bond motifs is 2. The van der Waals surface area contributed by atoms with E-state index in [0.717, 1.165) is 33.6 Å². The van der Waals surface area contributed by atoms with E-state index >= 15 is 0 Å². The standard InChI is InChI=1S/C17H14N2O/c1-10-7-11(2)16-13(8-10)18-17(19-16)15-9-12-5-3-4-6-14(12)20-15/h3-9H,1-2H3,(H,18,19). The molecule has 1 N–H and O–H groups in total. The molecule has 0 aliphatic rings. The average Bonchev–Trinajstić information content (AvgIpc) is 3.01. The summed E-state index contributed by atoms with van der Waals surface area (Å²) in [5, 5.41) is 1.09.